The first-order chi connectivity index (χ1) is 7.77. The van der Waals surface area contributed by atoms with Crippen molar-refractivity contribution in [3.63, 3.8) is 0 Å². The van der Waals surface area contributed by atoms with Crippen LogP contribution in [0.5, 0.6) is 5.75 Å². The molecule has 1 aromatic carbocycles. The van der Waals surface area contributed by atoms with Gasteiger partial charge in [0.25, 0.3) is 0 Å². The van der Waals surface area contributed by atoms with Crippen molar-refractivity contribution in [2.75, 3.05) is 7.11 Å². The molecule has 0 saturated carbocycles. The molecule has 0 spiro atoms. The molecular formula is C10H15ClN2O3S. The van der Waals surface area contributed by atoms with Gasteiger partial charge < -0.3 is 10.5 Å². The molecule has 0 aliphatic heterocycles. The van der Waals surface area contributed by atoms with Gasteiger partial charge >= 0.3 is 0 Å². The Balaban J connectivity index is 3.33. The number of halogens is 1. The summed E-state index contributed by atoms with van der Waals surface area (Å²) in [4.78, 5) is -0.0937. The highest BCUT2D eigenvalue weighted by Crippen LogP contribution is 2.30. The van der Waals surface area contributed by atoms with E-state index in [1.165, 1.54) is 19.2 Å². The quantitative estimate of drug-likeness (QED) is 0.802. The fourth-order valence-corrected chi connectivity index (χ4v) is 2.26. The summed E-state index contributed by atoms with van der Waals surface area (Å²) in [6, 6.07) is 4.25. The van der Waals surface area contributed by atoms with Crippen LogP contribution in [0.3, 0.4) is 0 Å². The van der Waals surface area contributed by atoms with Gasteiger partial charge in [0.15, 0.2) is 0 Å². The predicted octanol–water partition coefficient (Wildman–Crippen LogP) is 0.970. The zero-order valence-electron chi connectivity index (χ0n) is 9.55. The molecule has 0 aliphatic carbocycles. The third kappa shape index (κ3) is 3.32. The Morgan fingerprint density at radius 2 is 2.00 bits per heavy atom. The Bertz CT molecular complexity index is 502. The molecule has 0 fully saturated rings. The van der Waals surface area contributed by atoms with Crippen molar-refractivity contribution in [3.05, 3.63) is 23.8 Å². The number of nitrogens with two attached hydrogens (primary N) is 2. The van der Waals surface area contributed by atoms with Crippen molar-refractivity contribution in [1.82, 2.24) is 0 Å². The number of hydrogen-bond donors (Lipinski definition) is 2. The number of alkyl halides is 1. The molecule has 0 aromatic heterocycles. The van der Waals surface area contributed by atoms with Gasteiger partial charge in [-0.2, -0.15) is 0 Å². The van der Waals surface area contributed by atoms with Gasteiger partial charge in [-0.1, -0.05) is 6.07 Å². The number of hydrogen-bond acceptors (Lipinski definition) is 4. The largest absolute Gasteiger partial charge is 0.495 e. The van der Waals surface area contributed by atoms with E-state index >= 15 is 0 Å². The SMILES string of the molecule is COc1ccc(C(Cl)C(C)N)cc1S(N)(=O)=O. The highest BCUT2D eigenvalue weighted by molar-refractivity contribution is 7.89. The van der Waals surface area contributed by atoms with Crippen LogP contribution in [-0.4, -0.2) is 21.6 Å². The molecule has 5 nitrogen and oxygen atoms in total. The number of ether oxygens (including phenoxy) is 1. The number of sulfonamides is 1. The summed E-state index contributed by atoms with van der Waals surface area (Å²) in [5.41, 5.74) is 6.24. The second kappa shape index (κ2) is 5.22. The molecule has 96 valence electrons. The lowest BCUT2D eigenvalue weighted by molar-refractivity contribution is 0.402. The number of methoxy groups -OCH3 is 1. The van der Waals surface area contributed by atoms with E-state index in [1.807, 2.05) is 0 Å². The first-order valence-corrected chi connectivity index (χ1v) is 6.86. The van der Waals surface area contributed by atoms with Gasteiger partial charge in [0.1, 0.15) is 10.6 Å². The molecule has 0 heterocycles. The van der Waals surface area contributed by atoms with E-state index in [0.717, 1.165) is 0 Å². The second-order valence-electron chi connectivity index (χ2n) is 3.72. The highest BCUT2D eigenvalue weighted by atomic mass is 35.5. The van der Waals surface area contributed by atoms with Crippen molar-refractivity contribution in [3.8, 4) is 5.75 Å². The minimum absolute atomic E-state index is 0.0937. The Hall–Kier alpha value is -0.820. The summed E-state index contributed by atoms with van der Waals surface area (Å²) in [7, 11) is -2.48. The van der Waals surface area contributed by atoms with Gasteiger partial charge in [0.2, 0.25) is 10.0 Å². The standard InChI is InChI=1S/C10H15ClN2O3S/c1-6(12)10(11)7-3-4-8(16-2)9(5-7)17(13,14)15/h3-6,10H,12H2,1-2H3,(H2,13,14,15). The van der Waals surface area contributed by atoms with Crippen LogP contribution < -0.4 is 15.6 Å². The van der Waals surface area contributed by atoms with Crippen molar-refractivity contribution in [2.24, 2.45) is 10.9 Å². The van der Waals surface area contributed by atoms with Crippen LogP contribution in [0.15, 0.2) is 23.1 Å². The summed E-state index contributed by atoms with van der Waals surface area (Å²) in [6.07, 6.45) is 0. The zero-order valence-corrected chi connectivity index (χ0v) is 11.1. The van der Waals surface area contributed by atoms with Crippen molar-refractivity contribution < 1.29 is 13.2 Å². The monoisotopic (exact) mass is 278 g/mol. The zero-order chi connectivity index (χ0) is 13.2. The summed E-state index contributed by atoms with van der Waals surface area (Å²) in [5.74, 6) is 0.185. The van der Waals surface area contributed by atoms with Gasteiger partial charge in [-0.25, -0.2) is 13.6 Å². The van der Waals surface area contributed by atoms with E-state index in [2.05, 4.69) is 0 Å². The molecule has 0 radical (unpaired) electrons. The van der Waals surface area contributed by atoms with Crippen molar-refractivity contribution in [2.45, 2.75) is 23.2 Å². The molecular weight excluding hydrogens is 264 g/mol. The van der Waals surface area contributed by atoms with Crippen LogP contribution in [-0.2, 0) is 10.0 Å². The molecule has 2 atom stereocenters. The van der Waals surface area contributed by atoms with Crippen LogP contribution >= 0.6 is 11.6 Å². The lowest BCUT2D eigenvalue weighted by Gasteiger charge is -2.15. The lowest BCUT2D eigenvalue weighted by Crippen LogP contribution is -2.21. The van der Waals surface area contributed by atoms with Crippen molar-refractivity contribution >= 4 is 21.6 Å². The highest BCUT2D eigenvalue weighted by Gasteiger charge is 2.19. The number of rotatable bonds is 4. The summed E-state index contributed by atoms with van der Waals surface area (Å²) in [5, 5.41) is 4.61. The van der Waals surface area contributed by atoms with E-state index in [9.17, 15) is 8.42 Å². The summed E-state index contributed by atoms with van der Waals surface area (Å²) in [6.45, 7) is 1.73. The molecule has 0 amide bonds. The fourth-order valence-electron chi connectivity index (χ4n) is 1.39. The van der Waals surface area contributed by atoms with E-state index in [1.54, 1.807) is 13.0 Å². The molecule has 7 heteroatoms. The minimum Gasteiger partial charge on any atom is -0.495 e. The smallest absolute Gasteiger partial charge is 0.241 e. The molecule has 1 aromatic rings. The van der Waals surface area contributed by atoms with E-state index in [4.69, 9.17) is 27.2 Å². The first-order valence-electron chi connectivity index (χ1n) is 4.87. The van der Waals surface area contributed by atoms with Gasteiger partial charge in [0, 0.05) is 6.04 Å². The average molecular weight is 279 g/mol. The molecule has 17 heavy (non-hydrogen) atoms. The van der Waals surface area contributed by atoms with Crippen LogP contribution in [0, 0.1) is 0 Å². The molecule has 4 N–H and O–H groups in total. The Kier molecular flexibility index (Phi) is 4.37. The molecule has 1 rings (SSSR count). The van der Waals surface area contributed by atoms with E-state index in [0.29, 0.717) is 5.56 Å². The normalized spacial score (nSPS) is 15.4. The van der Waals surface area contributed by atoms with Crippen LogP contribution in [0.2, 0.25) is 0 Å². The van der Waals surface area contributed by atoms with Gasteiger partial charge in [-0.05, 0) is 24.6 Å². The molecule has 0 bridgehead atoms. The van der Waals surface area contributed by atoms with Gasteiger partial charge in [-0.15, -0.1) is 11.6 Å². The fraction of sp³-hybridized carbons (Fsp3) is 0.400. The summed E-state index contributed by atoms with van der Waals surface area (Å²) < 4.78 is 27.7. The summed E-state index contributed by atoms with van der Waals surface area (Å²) >= 11 is 6.06. The average Bonchev–Trinajstić information content (AvgIpc) is 2.25. The van der Waals surface area contributed by atoms with E-state index in [-0.39, 0.29) is 16.7 Å². The number of benzene rings is 1. The van der Waals surface area contributed by atoms with Crippen LogP contribution in [0.1, 0.15) is 17.9 Å². The van der Waals surface area contributed by atoms with Gasteiger partial charge in [-0.3, -0.25) is 0 Å². The van der Waals surface area contributed by atoms with Gasteiger partial charge in [0.05, 0.1) is 12.5 Å². The lowest BCUT2D eigenvalue weighted by atomic mass is 10.1. The minimum atomic E-state index is -3.85. The Morgan fingerprint density at radius 1 is 1.41 bits per heavy atom. The molecule has 2 unspecified atom stereocenters. The second-order valence-corrected chi connectivity index (χ2v) is 5.72. The maximum absolute atomic E-state index is 11.4. The molecule has 0 saturated heterocycles. The van der Waals surface area contributed by atoms with Crippen LogP contribution in [0.4, 0.5) is 0 Å². The third-order valence-corrected chi connectivity index (χ3v) is 3.86. The number of primary sulfonamides is 1. The van der Waals surface area contributed by atoms with Crippen molar-refractivity contribution in [1.29, 1.82) is 0 Å². The Labute approximate surface area is 106 Å². The maximum Gasteiger partial charge on any atom is 0.241 e. The van der Waals surface area contributed by atoms with E-state index < -0.39 is 15.4 Å². The first kappa shape index (κ1) is 14.2. The van der Waals surface area contributed by atoms with Crippen LogP contribution in [0.25, 0.3) is 0 Å². The predicted molar refractivity (Wildman–Crippen MR) is 66.6 cm³/mol. The maximum atomic E-state index is 11.4. The Morgan fingerprint density at radius 3 is 2.41 bits per heavy atom. The molecule has 0 aliphatic rings. The topological polar surface area (TPSA) is 95.4 Å². The third-order valence-electron chi connectivity index (χ3n) is 2.27.